The van der Waals surface area contributed by atoms with Crippen molar-refractivity contribution < 1.29 is 9.59 Å². The molecule has 0 aromatic heterocycles. The molecular weight excluding hydrogens is 534 g/mol. The van der Waals surface area contributed by atoms with Crippen LogP contribution in [0.15, 0.2) is 93.1 Å². The summed E-state index contributed by atoms with van der Waals surface area (Å²) in [6, 6.07) is 26.2. The number of fused-ring (bicyclic) bond motifs is 1. The van der Waals surface area contributed by atoms with Crippen molar-refractivity contribution in [2.45, 2.75) is 31.3 Å². The van der Waals surface area contributed by atoms with Crippen LogP contribution in [-0.4, -0.2) is 42.4 Å². The van der Waals surface area contributed by atoms with E-state index in [1.165, 1.54) is 17.3 Å². The molecule has 36 heavy (non-hydrogen) atoms. The van der Waals surface area contributed by atoms with Gasteiger partial charge in [0.25, 0.3) is 5.91 Å². The van der Waals surface area contributed by atoms with Gasteiger partial charge >= 0.3 is 0 Å². The van der Waals surface area contributed by atoms with E-state index < -0.39 is 0 Å². The standard InChI is InChI=1S/C29H30BrN3O2S/c1-21(2)32(19-22-9-4-3-5-10-22)16-15-31-28(34)20-33-25-13-6-7-14-26(25)36-27(29(33)35)18-23-11-8-12-24(30)17-23/h3-14,17-18,21H,15-16,19-20H2,1-2H3,(H,31,34). The highest BCUT2D eigenvalue weighted by Gasteiger charge is 2.30. The number of amides is 2. The van der Waals surface area contributed by atoms with Gasteiger partial charge in [0.05, 0.1) is 10.6 Å². The van der Waals surface area contributed by atoms with Gasteiger partial charge in [-0.25, -0.2) is 0 Å². The van der Waals surface area contributed by atoms with Crippen LogP contribution in [0.3, 0.4) is 0 Å². The van der Waals surface area contributed by atoms with E-state index in [4.69, 9.17) is 0 Å². The molecule has 0 saturated heterocycles. The fraction of sp³-hybridized carbons (Fsp3) is 0.241. The van der Waals surface area contributed by atoms with Crippen LogP contribution in [0.4, 0.5) is 5.69 Å². The first-order valence-electron chi connectivity index (χ1n) is 12.0. The van der Waals surface area contributed by atoms with E-state index in [2.05, 4.69) is 52.1 Å². The third-order valence-electron chi connectivity index (χ3n) is 5.96. The number of hydrogen-bond acceptors (Lipinski definition) is 4. The van der Waals surface area contributed by atoms with E-state index in [9.17, 15) is 9.59 Å². The maximum atomic E-state index is 13.4. The van der Waals surface area contributed by atoms with Crippen molar-refractivity contribution in [2.24, 2.45) is 0 Å². The zero-order valence-corrected chi connectivity index (χ0v) is 22.9. The third-order valence-corrected chi connectivity index (χ3v) is 7.53. The number of benzene rings is 3. The Morgan fingerprint density at radius 1 is 1.06 bits per heavy atom. The molecule has 7 heteroatoms. The molecule has 1 heterocycles. The summed E-state index contributed by atoms with van der Waals surface area (Å²) in [4.78, 5) is 31.8. The largest absolute Gasteiger partial charge is 0.353 e. The number of anilines is 1. The second-order valence-corrected chi connectivity index (χ2v) is 10.9. The lowest BCUT2D eigenvalue weighted by atomic mass is 10.2. The van der Waals surface area contributed by atoms with Crippen molar-refractivity contribution in [1.29, 1.82) is 0 Å². The Morgan fingerprint density at radius 2 is 1.81 bits per heavy atom. The van der Waals surface area contributed by atoms with E-state index in [-0.39, 0.29) is 18.4 Å². The van der Waals surface area contributed by atoms with Gasteiger partial charge in [-0.05, 0) is 55.3 Å². The molecule has 0 radical (unpaired) electrons. The number of carbonyl (C=O) groups excluding carboxylic acids is 2. The number of rotatable bonds is 9. The average molecular weight is 565 g/mol. The van der Waals surface area contributed by atoms with Crippen LogP contribution >= 0.6 is 27.7 Å². The van der Waals surface area contributed by atoms with Gasteiger partial charge in [0, 0.05) is 35.0 Å². The van der Waals surface area contributed by atoms with Crippen molar-refractivity contribution in [3.63, 3.8) is 0 Å². The average Bonchev–Trinajstić information content (AvgIpc) is 2.86. The van der Waals surface area contributed by atoms with Crippen molar-refractivity contribution in [3.8, 4) is 0 Å². The first-order chi connectivity index (χ1) is 17.4. The topological polar surface area (TPSA) is 52.7 Å². The van der Waals surface area contributed by atoms with Gasteiger partial charge in [0.15, 0.2) is 0 Å². The van der Waals surface area contributed by atoms with E-state index in [0.29, 0.717) is 17.5 Å². The third kappa shape index (κ3) is 6.87. The van der Waals surface area contributed by atoms with Gasteiger partial charge in [-0.1, -0.05) is 82.3 Å². The van der Waals surface area contributed by atoms with E-state index in [1.807, 2.05) is 72.8 Å². The fourth-order valence-corrected chi connectivity index (χ4v) is 5.52. The molecule has 1 aliphatic rings. The number of hydrogen-bond donors (Lipinski definition) is 1. The maximum Gasteiger partial charge on any atom is 0.265 e. The smallest absolute Gasteiger partial charge is 0.265 e. The summed E-state index contributed by atoms with van der Waals surface area (Å²) < 4.78 is 0.949. The minimum Gasteiger partial charge on any atom is -0.353 e. The molecule has 5 nitrogen and oxygen atoms in total. The maximum absolute atomic E-state index is 13.4. The second-order valence-electron chi connectivity index (χ2n) is 8.92. The molecule has 3 aromatic carbocycles. The predicted octanol–water partition coefficient (Wildman–Crippen LogP) is 5.96. The molecule has 0 bridgehead atoms. The Balaban J connectivity index is 1.42. The van der Waals surface area contributed by atoms with Crippen LogP contribution in [0, 0.1) is 0 Å². The zero-order chi connectivity index (χ0) is 25.5. The molecule has 0 atom stereocenters. The number of nitrogens with one attached hydrogen (secondary N) is 1. The van der Waals surface area contributed by atoms with Gasteiger partial charge in [0.1, 0.15) is 6.54 Å². The molecule has 1 N–H and O–H groups in total. The van der Waals surface area contributed by atoms with Gasteiger partial charge in [-0.15, -0.1) is 0 Å². The molecule has 0 aliphatic carbocycles. The van der Waals surface area contributed by atoms with Crippen LogP contribution in [0.5, 0.6) is 0 Å². The van der Waals surface area contributed by atoms with Crippen LogP contribution in [0.2, 0.25) is 0 Å². The summed E-state index contributed by atoms with van der Waals surface area (Å²) in [5.74, 6) is -0.336. The van der Waals surface area contributed by atoms with Gasteiger partial charge in [-0.2, -0.15) is 0 Å². The highest BCUT2D eigenvalue weighted by Crippen LogP contribution is 2.42. The highest BCUT2D eigenvalue weighted by molar-refractivity contribution is 9.10. The van der Waals surface area contributed by atoms with Crippen LogP contribution in [0.1, 0.15) is 25.0 Å². The molecule has 0 spiro atoms. The van der Waals surface area contributed by atoms with Crippen LogP contribution in [0.25, 0.3) is 6.08 Å². The quantitative estimate of drug-likeness (QED) is 0.326. The Bertz CT molecular complexity index is 1250. The molecule has 2 amide bonds. The SMILES string of the molecule is CC(C)N(CCNC(=O)CN1C(=O)C(=Cc2cccc(Br)c2)Sc2ccccc21)Cc1ccccc1. The molecule has 186 valence electrons. The highest BCUT2D eigenvalue weighted by atomic mass is 79.9. The molecule has 0 saturated carbocycles. The normalized spacial score (nSPS) is 14.4. The monoisotopic (exact) mass is 563 g/mol. The van der Waals surface area contributed by atoms with Gasteiger partial charge in [-0.3, -0.25) is 19.4 Å². The number of nitrogens with zero attached hydrogens (tertiary/aromatic N) is 2. The number of thioether (sulfide) groups is 1. The van der Waals surface area contributed by atoms with E-state index in [1.54, 1.807) is 4.90 Å². The number of halogens is 1. The van der Waals surface area contributed by atoms with E-state index in [0.717, 1.165) is 33.7 Å². The zero-order valence-electron chi connectivity index (χ0n) is 20.5. The Morgan fingerprint density at radius 3 is 2.56 bits per heavy atom. The lowest BCUT2D eigenvalue weighted by Crippen LogP contribution is -2.45. The van der Waals surface area contributed by atoms with Crippen molar-refractivity contribution in [1.82, 2.24) is 10.2 Å². The number of carbonyl (C=O) groups is 2. The Kier molecular flexibility index (Phi) is 9.02. The number of para-hydroxylation sites is 1. The summed E-state index contributed by atoms with van der Waals surface area (Å²) >= 11 is 4.92. The Labute approximate surface area is 225 Å². The summed E-state index contributed by atoms with van der Waals surface area (Å²) in [6.07, 6.45) is 1.88. The first-order valence-corrected chi connectivity index (χ1v) is 13.6. The van der Waals surface area contributed by atoms with Gasteiger partial charge in [0.2, 0.25) is 5.91 Å². The Hall–Kier alpha value is -2.87. The molecular formula is C29H30BrN3O2S. The first kappa shape index (κ1) is 26.2. The fourth-order valence-electron chi connectivity index (χ4n) is 4.04. The lowest BCUT2D eigenvalue weighted by Gasteiger charge is -2.30. The van der Waals surface area contributed by atoms with E-state index >= 15 is 0 Å². The van der Waals surface area contributed by atoms with Crippen LogP contribution < -0.4 is 10.2 Å². The van der Waals surface area contributed by atoms with Crippen molar-refractivity contribution in [2.75, 3.05) is 24.5 Å². The predicted molar refractivity (Wildman–Crippen MR) is 152 cm³/mol. The molecule has 1 aliphatic heterocycles. The summed E-state index contributed by atoms with van der Waals surface area (Å²) in [7, 11) is 0. The minimum atomic E-state index is -0.171. The van der Waals surface area contributed by atoms with Crippen molar-refractivity contribution in [3.05, 3.63) is 99.4 Å². The van der Waals surface area contributed by atoms with Gasteiger partial charge < -0.3 is 5.32 Å². The molecule has 0 unspecified atom stereocenters. The van der Waals surface area contributed by atoms with Crippen molar-refractivity contribution >= 4 is 51.3 Å². The summed E-state index contributed by atoms with van der Waals surface area (Å²) in [5, 5.41) is 3.02. The molecule has 3 aromatic rings. The summed E-state index contributed by atoms with van der Waals surface area (Å²) in [6.45, 7) is 6.37. The second kappa shape index (κ2) is 12.4. The lowest BCUT2D eigenvalue weighted by molar-refractivity contribution is -0.122. The molecule has 4 rings (SSSR count). The molecule has 0 fully saturated rings. The van der Waals surface area contributed by atoms with Crippen LogP contribution in [-0.2, 0) is 16.1 Å². The minimum absolute atomic E-state index is 0.0212. The summed E-state index contributed by atoms with van der Waals surface area (Å²) in [5.41, 5.74) is 2.94.